The van der Waals surface area contributed by atoms with E-state index in [-0.39, 0.29) is 0 Å². The molecule has 0 fully saturated rings. The molecule has 1 amide bonds. The van der Waals surface area contributed by atoms with Gasteiger partial charge in [-0.25, -0.2) is 4.79 Å². The lowest BCUT2D eigenvalue weighted by Gasteiger charge is -2.20. The largest absolute Gasteiger partial charge is 0.444 e. The molecule has 0 aliphatic rings. The van der Waals surface area contributed by atoms with Crippen molar-refractivity contribution in [2.45, 2.75) is 26.4 Å². The van der Waals surface area contributed by atoms with Gasteiger partial charge in [0.05, 0.1) is 11.4 Å². The van der Waals surface area contributed by atoms with E-state index in [9.17, 15) is 4.79 Å². The topological polar surface area (TPSA) is 81.9 Å². The van der Waals surface area contributed by atoms with Gasteiger partial charge in [-0.1, -0.05) is 12.1 Å². The van der Waals surface area contributed by atoms with Gasteiger partial charge >= 0.3 is 6.09 Å². The van der Waals surface area contributed by atoms with E-state index in [4.69, 9.17) is 4.74 Å². The lowest BCUT2D eigenvalue weighted by Crippen LogP contribution is -2.27. The number of hydrogen-bond donors (Lipinski definition) is 1. The molecule has 0 atom stereocenters. The van der Waals surface area contributed by atoms with Crippen LogP contribution in [0, 0.1) is 0 Å². The van der Waals surface area contributed by atoms with Crippen LogP contribution >= 0.6 is 0 Å². The molecule has 7 nitrogen and oxygen atoms in total. The van der Waals surface area contributed by atoms with Gasteiger partial charge in [0.25, 0.3) is 0 Å². The summed E-state index contributed by atoms with van der Waals surface area (Å²) in [7, 11) is 0. The summed E-state index contributed by atoms with van der Waals surface area (Å²) in [4.78, 5) is 11.8. The number of amides is 1. The van der Waals surface area contributed by atoms with Crippen LogP contribution in [-0.4, -0.2) is 31.9 Å². The molecule has 0 spiro atoms. The fraction of sp³-hybridized carbons (Fsp3) is 0.333. The standard InChI is InChI=1S/C12H15N5O2/c1-12(2,3)19-11(18)14-9-6-4-5-7-10(9)17-8-13-15-16-17/h4-8H,1-3H3,(H,14,18). The Balaban J connectivity index is 2.20. The third-order valence-corrected chi connectivity index (χ3v) is 2.14. The Hall–Kier alpha value is -2.44. The van der Waals surface area contributed by atoms with Crippen LogP contribution in [0.15, 0.2) is 30.6 Å². The summed E-state index contributed by atoms with van der Waals surface area (Å²) in [5.74, 6) is 0. The number of rotatable bonds is 2. The second-order valence-corrected chi connectivity index (χ2v) is 4.90. The molecule has 1 aromatic carbocycles. The van der Waals surface area contributed by atoms with Gasteiger partial charge in [0, 0.05) is 0 Å². The van der Waals surface area contributed by atoms with Crippen LogP contribution in [0.5, 0.6) is 0 Å². The first-order valence-corrected chi connectivity index (χ1v) is 5.78. The van der Waals surface area contributed by atoms with Crippen molar-refractivity contribution in [1.29, 1.82) is 0 Å². The SMILES string of the molecule is CC(C)(C)OC(=O)Nc1ccccc1-n1cnnn1. The normalized spacial score (nSPS) is 11.1. The van der Waals surface area contributed by atoms with Gasteiger partial charge in [-0.15, -0.1) is 5.10 Å². The van der Waals surface area contributed by atoms with Crippen molar-refractivity contribution in [2.24, 2.45) is 0 Å². The maximum absolute atomic E-state index is 11.8. The van der Waals surface area contributed by atoms with E-state index >= 15 is 0 Å². The highest BCUT2D eigenvalue weighted by Gasteiger charge is 2.17. The Labute approximate surface area is 110 Å². The van der Waals surface area contributed by atoms with Crippen LogP contribution in [0.1, 0.15) is 20.8 Å². The first-order valence-electron chi connectivity index (χ1n) is 5.78. The molecule has 2 aromatic rings. The van der Waals surface area contributed by atoms with Crippen LogP contribution in [0.2, 0.25) is 0 Å². The fourth-order valence-corrected chi connectivity index (χ4v) is 1.46. The number of carbonyl (C=O) groups excluding carboxylic acids is 1. The van der Waals surface area contributed by atoms with E-state index in [1.807, 2.05) is 6.07 Å². The lowest BCUT2D eigenvalue weighted by molar-refractivity contribution is 0.0636. The van der Waals surface area contributed by atoms with Gasteiger partial charge in [0.2, 0.25) is 0 Å². The molecule has 1 heterocycles. The average molecular weight is 261 g/mol. The summed E-state index contributed by atoms with van der Waals surface area (Å²) in [5, 5.41) is 13.6. The predicted molar refractivity (Wildman–Crippen MR) is 69.0 cm³/mol. The molecule has 0 aliphatic carbocycles. The number of anilines is 1. The summed E-state index contributed by atoms with van der Waals surface area (Å²) >= 11 is 0. The van der Waals surface area contributed by atoms with Crippen LogP contribution in [0.25, 0.3) is 5.69 Å². The molecule has 0 bridgehead atoms. The third kappa shape index (κ3) is 3.51. The second-order valence-electron chi connectivity index (χ2n) is 4.90. The number of hydrogen-bond acceptors (Lipinski definition) is 5. The van der Waals surface area contributed by atoms with Gasteiger partial charge in [-0.2, -0.15) is 4.68 Å². The van der Waals surface area contributed by atoms with Gasteiger partial charge in [0.1, 0.15) is 11.9 Å². The maximum atomic E-state index is 11.8. The minimum Gasteiger partial charge on any atom is -0.444 e. The number of aromatic nitrogens is 4. The quantitative estimate of drug-likeness (QED) is 0.894. The summed E-state index contributed by atoms with van der Waals surface area (Å²) in [6.07, 6.45) is 0.934. The number of nitrogens with one attached hydrogen (secondary N) is 1. The summed E-state index contributed by atoms with van der Waals surface area (Å²) in [5.41, 5.74) is 0.691. The minimum atomic E-state index is -0.548. The van der Waals surface area contributed by atoms with Crippen LogP contribution in [0.3, 0.4) is 0 Å². The van der Waals surface area contributed by atoms with E-state index in [1.54, 1.807) is 39.0 Å². The molecule has 0 saturated carbocycles. The fourth-order valence-electron chi connectivity index (χ4n) is 1.46. The van der Waals surface area contributed by atoms with E-state index in [0.29, 0.717) is 11.4 Å². The number of benzene rings is 1. The van der Waals surface area contributed by atoms with E-state index in [0.717, 1.165) is 0 Å². The average Bonchev–Trinajstić information content (AvgIpc) is 2.80. The Morgan fingerprint density at radius 2 is 2.05 bits per heavy atom. The zero-order valence-electron chi connectivity index (χ0n) is 11.0. The molecular formula is C12H15N5O2. The second kappa shape index (κ2) is 5.05. The summed E-state index contributed by atoms with van der Waals surface area (Å²) in [6.45, 7) is 5.42. The maximum Gasteiger partial charge on any atom is 0.412 e. The highest BCUT2D eigenvalue weighted by atomic mass is 16.6. The molecule has 0 unspecified atom stereocenters. The number of carbonyl (C=O) groups is 1. The van der Waals surface area contributed by atoms with E-state index < -0.39 is 11.7 Å². The van der Waals surface area contributed by atoms with E-state index in [2.05, 4.69) is 20.8 Å². The Kier molecular flexibility index (Phi) is 3.46. The molecule has 0 radical (unpaired) electrons. The summed E-state index contributed by atoms with van der Waals surface area (Å²) in [6, 6.07) is 7.18. The molecule has 1 aromatic heterocycles. The third-order valence-electron chi connectivity index (χ3n) is 2.14. The highest BCUT2D eigenvalue weighted by Crippen LogP contribution is 2.19. The molecule has 100 valence electrons. The monoisotopic (exact) mass is 261 g/mol. The lowest BCUT2D eigenvalue weighted by atomic mass is 10.2. The zero-order valence-corrected chi connectivity index (χ0v) is 11.0. The molecule has 1 N–H and O–H groups in total. The molecule has 0 aliphatic heterocycles. The molecule has 2 rings (SSSR count). The van der Waals surface area contributed by atoms with Gasteiger partial charge in [0.15, 0.2) is 0 Å². The van der Waals surface area contributed by atoms with Crippen LogP contribution in [0.4, 0.5) is 10.5 Å². The van der Waals surface area contributed by atoms with Crippen molar-refractivity contribution >= 4 is 11.8 Å². The van der Waals surface area contributed by atoms with E-state index in [1.165, 1.54) is 11.0 Å². The van der Waals surface area contributed by atoms with Gasteiger partial charge < -0.3 is 4.74 Å². The van der Waals surface area contributed by atoms with Crippen molar-refractivity contribution in [3.8, 4) is 5.69 Å². The van der Waals surface area contributed by atoms with Gasteiger partial charge in [-0.05, 0) is 43.3 Å². The van der Waals surface area contributed by atoms with Crippen molar-refractivity contribution in [2.75, 3.05) is 5.32 Å². The predicted octanol–water partition coefficient (Wildman–Crippen LogP) is 2.01. The Morgan fingerprint density at radius 1 is 1.32 bits per heavy atom. The van der Waals surface area contributed by atoms with Crippen LogP contribution in [-0.2, 0) is 4.74 Å². The van der Waals surface area contributed by atoms with Crippen molar-refractivity contribution in [1.82, 2.24) is 20.2 Å². The summed E-state index contributed by atoms with van der Waals surface area (Å²) < 4.78 is 6.67. The molecule has 19 heavy (non-hydrogen) atoms. The van der Waals surface area contributed by atoms with Crippen molar-refractivity contribution < 1.29 is 9.53 Å². The zero-order chi connectivity index (χ0) is 13.9. The molecule has 7 heteroatoms. The Bertz CT molecular complexity index is 560. The Morgan fingerprint density at radius 3 is 2.68 bits per heavy atom. The number of ether oxygens (including phenoxy) is 1. The highest BCUT2D eigenvalue weighted by molar-refractivity contribution is 5.87. The minimum absolute atomic E-state index is 0.520. The first kappa shape index (κ1) is 13.0. The molecular weight excluding hydrogens is 246 g/mol. The number of para-hydroxylation sites is 2. The van der Waals surface area contributed by atoms with Crippen molar-refractivity contribution in [3.05, 3.63) is 30.6 Å². The molecule has 0 saturated heterocycles. The number of nitrogens with zero attached hydrogens (tertiary/aromatic N) is 4. The number of tetrazole rings is 1. The first-order chi connectivity index (χ1) is 8.96. The van der Waals surface area contributed by atoms with Crippen molar-refractivity contribution in [3.63, 3.8) is 0 Å². The smallest absolute Gasteiger partial charge is 0.412 e. The van der Waals surface area contributed by atoms with Crippen LogP contribution < -0.4 is 5.32 Å². The van der Waals surface area contributed by atoms with Gasteiger partial charge in [-0.3, -0.25) is 5.32 Å².